The summed E-state index contributed by atoms with van der Waals surface area (Å²) in [6.45, 7) is 4.87. The number of Topliss-reactive ketones (excluding diaryl/α,β-unsaturated/α-hetero) is 1. The van der Waals surface area contributed by atoms with Crippen molar-refractivity contribution < 1.29 is 9.59 Å². The molecule has 1 fully saturated rings. The molecule has 3 rings (SSSR count). The minimum atomic E-state index is -0.0358. The summed E-state index contributed by atoms with van der Waals surface area (Å²) < 4.78 is 1.83. The van der Waals surface area contributed by atoms with Gasteiger partial charge in [0.05, 0.1) is 5.69 Å². The topological polar surface area (TPSA) is 54.7 Å². The highest BCUT2D eigenvalue weighted by Gasteiger charge is 2.25. The fourth-order valence-corrected chi connectivity index (χ4v) is 2.63. The van der Waals surface area contributed by atoms with Crippen molar-refractivity contribution in [2.75, 3.05) is 13.1 Å². The van der Waals surface area contributed by atoms with E-state index in [4.69, 9.17) is 0 Å². The number of likely N-dealkylation sites (tertiary alicyclic amines) is 1. The summed E-state index contributed by atoms with van der Waals surface area (Å²) in [6, 6.07) is 3.92. The molecular weight excluding hydrogens is 254 g/mol. The minimum absolute atomic E-state index is 0.0358. The molecule has 0 aliphatic carbocycles. The number of pyridine rings is 1. The summed E-state index contributed by atoms with van der Waals surface area (Å²) in [4.78, 5) is 30.1. The maximum atomic E-state index is 12.6. The molecule has 1 amide bonds. The number of hydrogen-bond acceptors (Lipinski definition) is 3. The van der Waals surface area contributed by atoms with Gasteiger partial charge in [0.2, 0.25) is 0 Å². The van der Waals surface area contributed by atoms with Crippen LogP contribution in [0.2, 0.25) is 0 Å². The average molecular weight is 271 g/mol. The van der Waals surface area contributed by atoms with Crippen LogP contribution in [0.15, 0.2) is 18.3 Å². The SMILES string of the molecule is Cc1ccn2c(C(=O)N3CCC(=O)CC3)c(C)nc2c1. The second-order valence-electron chi connectivity index (χ2n) is 5.31. The van der Waals surface area contributed by atoms with E-state index >= 15 is 0 Å². The number of nitrogens with zero attached hydrogens (tertiary/aromatic N) is 3. The lowest BCUT2D eigenvalue weighted by Crippen LogP contribution is -2.39. The van der Waals surface area contributed by atoms with Crippen molar-refractivity contribution in [3.05, 3.63) is 35.3 Å². The normalized spacial score (nSPS) is 15.9. The van der Waals surface area contributed by atoms with E-state index in [1.807, 2.05) is 36.6 Å². The van der Waals surface area contributed by atoms with Crippen molar-refractivity contribution in [3.63, 3.8) is 0 Å². The Morgan fingerprint density at radius 3 is 2.65 bits per heavy atom. The molecule has 104 valence electrons. The zero-order valence-corrected chi connectivity index (χ0v) is 11.7. The van der Waals surface area contributed by atoms with Crippen molar-refractivity contribution in [1.29, 1.82) is 0 Å². The lowest BCUT2D eigenvalue weighted by atomic mass is 10.1. The van der Waals surface area contributed by atoms with Crippen LogP contribution < -0.4 is 0 Å². The molecule has 1 aliphatic rings. The van der Waals surface area contributed by atoms with Crippen LogP contribution in [0.3, 0.4) is 0 Å². The van der Waals surface area contributed by atoms with Crippen molar-refractivity contribution in [2.45, 2.75) is 26.7 Å². The zero-order chi connectivity index (χ0) is 14.3. The largest absolute Gasteiger partial charge is 0.336 e. The third-order valence-electron chi connectivity index (χ3n) is 3.77. The first-order valence-corrected chi connectivity index (χ1v) is 6.82. The number of amides is 1. The molecule has 0 bridgehead atoms. The van der Waals surface area contributed by atoms with Crippen LogP contribution in [0.5, 0.6) is 0 Å². The van der Waals surface area contributed by atoms with E-state index in [0.717, 1.165) is 16.9 Å². The van der Waals surface area contributed by atoms with Crippen LogP contribution in [-0.4, -0.2) is 39.1 Å². The highest BCUT2D eigenvalue weighted by Crippen LogP contribution is 2.17. The van der Waals surface area contributed by atoms with Gasteiger partial charge in [0, 0.05) is 32.1 Å². The molecule has 2 aromatic heterocycles. The zero-order valence-electron chi connectivity index (χ0n) is 11.7. The molecule has 0 radical (unpaired) electrons. The van der Waals surface area contributed by atoms with Gasteiger partial charge in [-0.25, -0.2) is 4.98 Å². The number of carbonyl (C=O) groups is 2. The summed E-state index contributed by atoms with van der Waals surface area (Å²) in [5, 5.41) is 0. The molecule has 1 aliphatic heterocycles. The fourth-order valence-electron chi connectivity index (χ4n) is 2.63. The van der Waals surface area contributed by atoms with Crippen LogP contribution in [-0.2, 0) is 4.79 Å². The molecule has 1 saturated heterocycles. The second-order valence-corrected chi connectivity index (χ2v) is 5.31. The molecule has 0 unspecified atom stereocenters. The first-order valence-electron chi connectivity index (χ1n) is 6.82. The molecule has 0 aromatic carbocycles. The predicted octanol–water partition coefficient (Wildman–Crippen LogP) is 1.76. The molecule has 5 nitrogen and oxygen atoms in total. The van der Waals surface area contributed by atoms with Gasteiger partial charge in [0.15, 0.2) is 0 Å². The van der Waals surface area contributed by atoms with Gasteiger partial charge in [0.1, 0.15) is 17.1 Å². The number of ketones is 1. The lowest BCUT2D eigenvalue weighted by molar-refractivity contribution is -0.120. The van der Waals surface area contributed by atoms with Gasteiger partial charge in [-0.3, -0.25) is 14.0 Å². The Morgan fingerprint density at radius 1 is 1.25 bits per heavy atom. The van der Waals surface area contributed by atoms with Crippen molar-refractivity contribution in [2.24, 2.45) is 0 Å². The number of imidazole rings is 1. The summed E-state index contributed by atoms with van der Waals surface area (Å²) >= 11 is 0. The number of piperidine rings is 1. The maximum absolute atomic E-state index is 12.6. The summed E-state index contributed by atoms with van der Waals surface area (Å²) in [5.41, 5.74) is 3.25. The number of fused-ring (bicyclic) bond motifs is 1. The monoisotopic (exact) mass is 271 g/mol. The molecule has 0 atom stereocenters. The molecule has 0 saturated carbocycles. The van der Waals surface area contributed by atoms with Gasteiger partial charge in [-0.1, -0.05) is 0 Å². The van der Waals surface area contributed by atoms with Gasteiger partial charge < -0.3 is 4.90 Å². The first kappa shape index (κ1) is 12.8. The van der Waals surface area contributed by atoms with Crippen LogP contribution >= 0.6 is 0 Å². The number of hydrogen-bond donors (Lipinski definition) is 0. The van der Waals surface area contributed by atoms with E-state index in [2.05, 4.69) is 4.98 Å². The second kappa shape index (κ2) is 4.74. The summed E-state index contributed by atoms with van der Waals surface area (Å²) in [7, 11) is 0. The number of carbonyl (C=O) groups excluding carboxylic acids is 2. The Bertz CT molecular complexity index is 692. The quantitative estimate of drug-likeness (QED) is 0.794. The van der Waals surface area contributed by atoms with Crippen molar-refractivity contribution in [3.8, 4) is 0 Å². The van der Waals surface area contributed by atoms with Gasteiger partial charge in [-0.05, 0) is 31.5 Å². The van der Waals surface area contributed by atoms with Gasteiger partial charge in [-0.2, -0.15) is 0 Å². The van der Waals surface area contributed by atoms with E-state index < -0.39 is 0 Å². The van der Waals surface area contributed by atoms with E-state index in [1.54, 1.807) is 4.90 Å². The lowest BCUT2D eigenvalue weighted by Gasteiger charge is -2.26. The number of rotatable bonds is 1. The Labute approximate surface area is 117 Å². The Morgan fingerprint density at radius 2 is 1.95 bits per heavy atom. The molecular formula is C15H17N3O2. The highest BCUT2D eigenvalue weighted by atomic mass is 16.2. The summed E-state index contributed by atoms with van der Waals surface area (Å²) in [6.07, 6.45) is 2.80. The first-order chi connectivity index (χ1) is 9.56. The maximum Gasteiger partial charge on any atom is 0.272 e. The van der Waals surface area contributed by atoms with Crippen LogP contribution in [0.1, 0.15) is 34.6 Å². The Balaban J connectivity index is 1.99. The van der Waals surface area contributed by atoms with Crippen molar-refractivity contribution in [1.82, 2.24) is 14.3 Å². The smallest absolute Gasteiger partial charge is 0.272 e. The minimum Gasteiger partial charge on any atom is -0.336 e. The Kier molecular flexibility index (Phi) is 3.04. The molecule has 5 heteroatoms. The van der Waals surface area contributed by atoms with E-state index in [-0.39, 0.29) is 11.7 Å². The average Bonchev–Trinajstić information content (AvgIpc) is 2.73. The van der Waals surface area contributed by atoms with Gasteiger partial charge in [0.25, 0.3) is 5.91 Å². The van der Waals surface area contributed by atoms with Crippen molar-refractivity contribution >= 4 is 17.3 Å². The molecule has 2 aromatic rings. The van der Waals surface area contributed by atoms with Crippen LogP contribution in [0, 0.1) is 13.8 Å². The Hall–Kier alpha value is -2.17. The van der Waals surface area contributed by atoms with Crippen LogP contribution in [0.4, 0.5) is 0 Å². The van der Waals surface area contributed by atoms with E-state index in [0.29, 0.717) is 31.6 Å². The molecule has 20 heavy (non-hydrogen) atoms. The molecule has 3 heterocycles. The summed E-state index contributed by atoms with van der Waals surface area (Å²) in [5.74, 6) is 0.200. The molecule has 0 N–H and O–H groups in total. The third kappa shape index (κ3) is 2.09. The van der Waals surface area contributed by atoms with E-state index in [1.165, 1.54) is 0 Å². The third-order valence-corrected chi connectivity index (χ3v) is 3.77. The standard InChI is InChI=1S/C15H17N3O2/c1-10-3-8-18-13(9-10)16-11(2)14(18)15(20)17-6-4-12(19)5-7-17/h3,8-9H,4-7H2,1-2H3. The number of aryl methyl sites for hydroxylation is 2. The van der Waals surface area contributed by atoms with Gasteiger partial charge in [-0.15, -0.1) is 0 Å². The van der Waals surface area contributed by atoms with E-state index in [9.17, 15) is 9.59 Å². The van der Waals surface area contributed by atoms with Crippen LogP contribution in [0.25, 0.3) is 5.65 Å². The predicted molar refractivity (Wildman–Crippen MR) is 74.8 cm³/mol. The highest BCUT2D eigenvalue weighted by molar-refractivity contribution is 5.95. The van der Waals surface area contributed by atoms with Gasteiger partial charge >= 0.3 is 0 Å². The fraction of sp³-hybridized carbons (Fsp3) is 0.400. The number of aromatic nitrogens is 2. The molecule has 0 spiro atoms.